The molecular weight excluding hydrogens is 392 g/mol. The van der Waals surface area contributed by atoms with Gasteiger partial charge in [-0.05, 0) is 47.5 Å². The van der Waals surface area contributed by atoms with Crippen molar-refractivity contribution in [1.29, 1.82) is 0 Å². The molecule has 2 aromatic carbocycles. The highest BCUT2D eigenvalue weighted by atomic mass is 32.1. The zero-order valence-corrected chi connectivity index (χ0v) is 18.3. The molecule has 5 heteroatoms. The number of carbonyl (C=O) groups excluding carboxylic acids is 2. The standard InChI is InChI=1S/C25H26N2O2S/c1-16(2)15-27-23(21-13-8-14-30-21)22(18-10-5-6-11-19(18)25(27)29)24(28)26-20-12-7-4-9-17(20)3/h4-14,16,22-23H,15H2,1-3H3,(H,26,28)/t22-,23-/m1/s1. The number of anilines is 1. The predicted molar refractivity (Wildman–Crippen MR) is 122 cm³/mol. The van der Waals surface area contributed by atoms with Crippen LogP contribution < -0.4 is 5.32 Å². The molecule has 0 aliphatic carbocycles. The van der Waals surface area contributed by atoms with E-state index in [0.717, 1.165) is 21.7 Å². The topological polar surface area (TPSA) is 49.4 Å². The molecule has 4 nitrogen and oxygen atoms in total. The lowest BCUT2D eigenvalue weighted by atomic mass is 9.81. The maximum atomic E-state index is 13.7. The lowest BCUT2D eigenvalue weighted by Gasteiger charge is -2.42. The molecule has 0 saturated heterocycles. The number of amides is 2. The molecule has 1 aromatic heterocycles. The largest absolute Gasteiger partial charge is 0.329 e. The molecule has 2 atom stereocenters. The van der Waals surface area contributed by atoms with Crippen LogP contribution in [0, 0.1) is 12.8 Å². The van der Waals surface area contributed by atoms with Gasteiger partial charge in [-0.25, -0.2) is 0 Å². The van der Waals surface area contributed by atoms with E-state index in [2.05, 4.69) is 19.2 Å². The van der Waals surface area contributed by atoms with Gasteiger partial charge in [-0.1, -0.05) is 56.3 Å². The first kappa shape index (κ1) is 20.4. The Labute approximate surface area is 181 Å². The van der Waals surface area contributed by atoms with Gasteiger partial charge < -0.3 is 10.2 Å². The second kappa shape index (κ2) is 8.44. The van der Waals surface area contributed by atoms with Gasteiger partial charge in [0.05, 0.1) is 12.0 Å². The van der Waals surface area contributed by atoms with E-state index in [1.807, 2.05) is 77.9 Å². The molecule has 154 valence electrons. The molecule has 3 aromatic rings. The summed E-state index contributed by atoms with van der Waals surface area (Å²) in [7, 11) is 0. The number of nitrogens with one attached hydrogen (secondary N) is 1. The fourth-order valence-electron chi connectivity index (χ4n) is 4.17. The van der Waals surface area contributed by atoms with E-state index < -0.39 is 5.92 Å². The number of hydrogen-bond donors (Lipinski definition) is 1. The van der Waals surface area contributed by atoms with Gasteiger partial charge in [-0.2, -0.15) is 0 Å². The number of para-hydroxylation sites is 1. The highest BCUT2D eigenvalue weighted by Crippen LogP contribution is 2.45. The number of benzene rings is 2. The number of fused-ring (bicyclic) bond motifs is 1. The van der Waals surface area contributed by atoms with Crippen molar-refractivity contribution >= 4 is 28.8 Å². The van der Waals surface area contributed by atoms with Gasteiger partial charge in [0.25, 0.3) is 5.91 Å². The summed E-state index contributed by atoms with van der Waals surface area (Å²) in [6, 6.07) is 19.0. The number of thiophene rings is 1. The summed E-state index contributed by atoms with van der Waals surface area (Å²) in [5.74, 6) is -0.272. The van der Waals surface area contributed by atoms with Crippen LogP contribution in [0.4, 0.5) is 5.69 Å². The lowest BCUT2D eigenvalue weighted by Crippen LogP contribution is -2.47. The molecule has 4 rings (SSSR count). The Balaban J connectivity index is 1.83. The van der Waals surface area contributed by atoms with E-state index in [1.165, 1.54) is 0 Å². The molecule has 0 spiro atoms. The Hall–Kier alpha value is -2.92. The SMILES string of the molecule is Cc1ccccc1NC(=O)[C@@H]1c2ccccc2C(=O)N(CC(C)C)[C@@H]1c1cccs1. The molecule has 2 amide bonds. The van der Waals surface area contributed by atoms with Crippen LogP contribution in [0.2, 0.25) is 0 Å². The highest BCUT2D eigenvalue weighted by Gasteiger charge is 2.44. The molecule has 0 fully saturated rings. The normalized spacial score (nSPS) is 18.4. The summed E-state index contributed by atoms with van der Waals surface area (Å²) in [5.41, 5.74) is 3.23. The third kappa shape index (κ3) is 3.77. The molecule has 2 heterocycles. The molecule has 0 radical (unpaired) electrons. The first-order chi connectivity index (χ1) is 14.5. The molecule has 0 saturated carbocycles. The summed E-state index contributed by atoms with van der Waals surface area (Å²) in [5, 5.41) is 5.13. The molecule has 1 aliphatic heterocycles. The Bertz CT molecular complexity index is 1060. The maximum Gasteiger partial charge on any atom is 0.254 e. The van der Waals surface area contributed by atoms with Crippen molar-refractivity contribution in [2.45, 2.75) is 32.7 Å². The third-order valence-corrected chi connectivity index (χ3v) is 6.46. The Morgan fingerprint density at radius 3 is 2.50 bits per heavy atom. The van der Waals surface area contributed by atoms with Crippen LogP contribution in [0.25, 0.3) is 0 Å². The van der Waals surface area contributed by atoms with E-state index in [9.17, 15) is 9.59 Å². The zero-order chi connectivity index (χ0) is 21.3. The zero-order valence-electron chi connectivity index (χ0n) is 17.5. The number of carbonyl (C=O) groups is 2. The van der Waals surface area contributed by atoms with Gasteiger partial charge >= 0.3 is 0 Å². The predicted octanol–water partition coefficient (Wildman–Crippen LogP) is 5.63. The van der Waals surface area contributed by atoms with Gasteiger partial charge in [0.15, 0.2) is 0 Å². The van der Waals surface area contributed by atoms with Crippen LogP contribution in [0.1, 0.15) is 52.2 Å². The fraction of sp³-hybridized carbons (Fsp3) is 0.280. The van der Waals surface area contributed by atoms with E-state index in [0.29, 0.717) is 18.0 Å². The smallest absolute Gasteiger partial charge is 0.254 e. The van der Waals surface area contributed by atoms with Gasteiger partial charge in [0.2, 0.25) is 5.91 Å². The Kier molecular flexibility index (Phi) is 5.73. The molecule has 0 bridgehead atoms. The van der Waals surface area contributed by atoms with Crippen LogP contribution in [0.15, 0.2) is 66.0 Å². The van der Waals surface area contributed by atoms with E-state index in [4.69, 9.17) is 0 Å². The van der Waals surface area contributed by atoms with Crippen LogP contribution in [0.5, 0.6) is 0 Å². The maximum absolute atomic E-state index is 13.7. The summed E-state index contributed by atoms with van der Waals surface area (Å²) in [4.78, 5) is 30.0. The van der Waals surface area contributed by atoms with Crippen LogP contribution >= 0.6 is 11.3 Å². The number of aryl methyl sites for hydroxylation is 1. The minimum atomic E-state index is -0.476. The first-order valence-corrected chi connectivity index (χ1v) is 11.1. The van der Waals surface area contributed by atoms with Gasteiger partial charge in [-0.15, -0.1) is 11.3 Å². The number of hydrogen-bond acceptors (Lipinski definition) is 3. The minimum Gasteiger partial charge on any atom is -0.329 e. The van der Waals surface area contributed by atoms with E-state index in [1.54, 1.807) is 11.3 Å². The molecule has 1 aliphatic rings. The monoisotopic (exact) mass is 418 g/mol. The van der Waals surface area contributed by atoms with Crippen molar-refractivity contribution < 1.29 is 9.59 Å². The quantitative estimate of drug-likeness (QED) is 0.584. The Morgan fingerprint density at radius 1 is 1.07 bits per heavy atom. The van der Waals surface area contributed by atoms with Crippen molar-refractivity contribution in [3.05, 3.63) is 87.6 Å². The second-order valence-electron chi connectivity index (χ2n) is 8.18. The lowest BCUT2D eigenvalue weighted by molar-refractivity contribution is -0.119. The van der Waals surface area contributed by atoms with Crippen molar-refractivity contribution in [2.75, 3.05) is 11.9 Å². The average Bonchev–Trinajstić information content (AvgIpc) is 3.25. The van der Waals surface area contributed by atoms with E-state index in [-0.39, 0.29) is 17.9 Å². The first-order valence-electron chi connectivity index (χ1n) is 10.3. The Morgan fingerprint density at radius 2 is 1.80 bits per heavy atom. The van der Waals surface area contributed by atoms with Crippen LogP contribution in [-0.4, -0.2) is 23.3 Å². The van der Waals surface area contributed by atoms with Gasteiger partial charge in [0.1, 0.15) is 0 Å². The van der Waals surface area contributed by atoms with Crippen molar-refractivity contribution in [3.63, 3.8) is 0 Å². The van der Waals surface area contributed by atoms with Crippen LogP contribution in [0.3, 0.4) is 0 Å². The van der Waals surface area contributed by atoms with Crippen molar-refractivity contribution in [3.8, 4) is 0 Å². The third-order valence-electron chi connectivity index (χ3n) is 5.52. The molecule has 1 N–H and O–H groups in total. The second-order valence-corrected chi connectivity index (χ2v) is 9.16. The highest BCUT2D eigenvalue weighted by molar-refractivity contribution is 7.10. The van der Waals surface area contributed by atoms with Crippen molar-refractivity contribution in [2.24, 2.45) is 5.92 Å². The van der Waals surface area contributed by atoms with Crippen molar-refractivity contribution in [1.82, 2.24) is 4.90 Å². The number of nitrogens with zero attached hydrogens (tertiary/aromatic N) is 1. The van der Waals surface area contributed by atoms with Crippen LogP contribution in [-0.2, 0) is 4.79 Å². The van der Waals surface area contributed by atoms with E-state index >= 15 is 0 Å². The van der Waals surface area contributed by atoms with Gasteiger partial charge in [0, 0.05) is 22.7 Å². The number of rotatable bonds is 5. The average molecular weight is 419 g/mol. The molecule has 30 heavy (non-hydrogen) atoms. The summed E-state index contributed by atoms with van der Waals surface area (Å²) in [6.07, 6.45) is 0. The fourth-order valence-corrected chi connectivity index (χ4v) is 5.04. The summed E-state index contributed by atoms with van der Waals surface area (Å²) in [6.45, 7) is 6.78. The summed E-state index contributed by atoms with van der Waals surface area (Å²) < 4.78 is 0. The minimum absolute atomic E-state index is 0.00218. The van der Waals surface area contributed by atoms with Gasteiger partial charge in [-0.3, -0.25) is 9.59 Å². The molecular formula is C25H26N2O2S. The summed E-state index contributed by atoms with van der Waals surface area (Å²) >= 11 is 1.59. The molecule has 0 unspecified atom stereocenters.